The van der Waals surface area contributed by atoms with Gasteiger partial charge in [0, 0.05) is 44.5 Å². The average molecular weight is 348 g/mol. The fourth-order valence-corrected chi connectivity index (χ4v) is 3.66. The fourth-order valence-electron chi connectivity index (χ4n) is 3.66. The van der Waals surface area contributed by atoms with E-state index in [1.165, 1.54) is 16.8 Å². The molecule has 1 saturated heterocycles. The van der Waals surface area contributed by atoms with E-state index in [1.807, 2.05) is 34.7 Å². The van der Waals surface area contributed by atoms with E-state index in [4.69, 9.17) is 0 Å². The molecular weight excluding hydrogens is 324 g/mol. The topological polar surface area (TPSA) is 41.4 Å². The Kier molecular flexibility index (Phi) is 4.15. The van der Waals surface area contributed by atoms with Crippen molar-refractivity contribution in [3.05, 3.63) is 59.4 Å². The minimum Gasteiger partial charge on any atom is -0.368 e. The molecule has 4 rings (SSSR count). The standard InChI is InChI=1S/C21H24N4O/c1-15-4-5-16(2)20(12-15)24-8-10-25(11-9-24)21(26)17-6-7-19-18(13-17)22-14-23(19)3/h4-7,12-14H,8-11H2,1-3H3. The van der Waals surface area contributed by atoms with Crippen LogP contribution in [-0.4, -0.2) is 46.5 Å². The number of hydrogen-bond donors (Lipinski definition) is 0. The third-order valence-corrected chi connectivity index (χ3v) is 5.24. The van der Waals surface area contributed by atoms with Crippen LogP contribution in [0.15, 0.2) is 42.7 Å². The number of carbonyl (C=O) groups is 1. The van der Waals surface area contributed by atoms with Crippen LogP contribution < -0.4 is 4.90 Å². The summed E-state index contributed by atoms with van der Waals surface area (Å²) < 4.78 is 1.96. The van der Waals surface area contributed by atoms with Crippen LogP contribution in [0.5, 0.6) is 0 Å². The maximum atomic E-state index is 12.9. The molecule has 134 valence electrons. The second kappa shape index (κ2) is 6.48. The van der Waals surface area contributed by atoms with Crippen molar-refractivity contribution < 1.29 is 4.79 Å². The van der Waals surface area contributed by atoms with Gasteiger partial charge in [-0.05, 0) is 49.2 Å². The van der Waals surface area contributed by atoms with Crippen LogP contribution in [0.4, 0.5) is 5.69 Å². The number of fused-ring (bicyclic) bond motifs is 1. The van der Waals surface area contributed by atoms with Crippen molar-refractivity contribution in [3.63, 3.8) is 0 Å². The van der Waals surface area contributed by atoms with Crippen LogP contribution in [0.3, 0.4) is 0 Å². The third-order valence-electron chi connectivity index (χ3n) is 5.24. The SMILES string of the molecule is Cc1ccc(C)c(N2CCN(C(=O)c3ccc4c(c3)ncn4C)CC2)c1. The van der Waals surface area contributed by atoms with Crippen molar-refractivity contribution >= 4 is 22.6 Å². The maximum Gasteiger partial charge on any atom is 0.254 e. The van der Waals surface area contributed by atoms with Crippen molar-refractivity contribution in [2.75, 3.05) is 31.1 Å². The van der Waals surface area contributed by atoms with Crippen LogP contribution in [0.2, 0.25) is 0 Å². The number of piperazine rings is 1. The molecule has 0 unspecified atom stereocenters. The smallest absolute Gasteiger partial charge is 0.254 e. The molecule has 0 N–H and O–H groups in total. The lowest BCUT2D eigenvalue weighted by atomic mass is 10.1. The van der Waals surface area contributed by atoms with E-state index >= 15 is 0 Å². The highest BCUT2D eigenvalue weighted by molar-refractivity contribution is 5.97. The first-order valence-corrected chi connectivity index (χ1v) is 9.05. The molecule has 0 aliphatic carbocycles. The van der Waals surface area contributed by atoms with Crippen molar-refractivity contribution in [2.24, 2.45) is 7.05 Å². The highest BCUT2D eigenvalue weighted by Gasteiger charge is 2.23. The number of hydrogen-bond acceptors (Lipinski definition) is 3. The molecular formula is C21H24N4O. The summed E-state index contributed by atoms with van der Waals surface area (Å²) in [5, 5.41) is 0. The molecule has 1 aliphatic rings. The first-order valence-electron chi connectivity index (χ1n) is 9.05. The lowest BCUT2D eigenvalue weighted by Crippen LogP contribution is -2.49. The predicted molar refractivity (Wildman–Crippen MR) is 105 cm³/mol. The van der Waals surface area contributed by atoms with E-state index in [9.17, 15) is 4.79 Å². The number of aryl methyl sites for hydroxylation is 3. The summed E-state index contributed by atoms with van der Waals surface area (Å²) in [7, 11) is 1.96. The molecule has 0 atom stereocenters. The summed E-state index contributed by atoms with van der Waals surface area (Å²) >= 11 is 0. The monoisotopic (exact) mass is 348 g/mol. The number of imidazole rings is 1. The van der Waals surface area contributed by atoms with E-state index < -0.39 is 0 Å². The van der Waals surface area contributed by atoms with Gasteiger partial charge in [0.15, 0.2) is 0 Å². The number of benzene rings is 2. The Hall–Kier alpha value is -2.82. The molecule has 0 saturated carbocycles. The molecule has 0 radical (unpaired) electrons. The molecule has 2 heterocycles. The Morgan fingerprint density at radius 3 is 2.54 bits per heavy atom. The molecule has 2 aromatic carbocycles. The minimum absolute atomic E-state index is 0.0955. The molecule has 1 aromatic heterocycles. The van der Waals surface area contributed by atoms with Crippen molar-refractivity contribution in [2.45, 2.75) is 13.8 Å². The van der Waals surface area contributed by atoms with Gasteiger partial charge in [0.25, 0.3) is 5.91 Å². The van der Waals surface area contributed by atoms with E-state index in [2.05, 4.69) is 41.9 Å². The van der Waals surface area contributed by atoms with Gasteiger partial charge in [-0.25, -0.2) is 4.98 Å². The van der Waals surface area contributed by atoms with Crippen molar-refractivity contribution in [3.8, 4) is 0 Å². The molecule has 1 amide bonds. The summed E-state index contributed by atoms with van der Waals surface area (Å²) in [6.45, 7) is 7.48. The first kappa shape index (κ1) is 16.6. The zero-order valence-electron chi connectivity index (χ0n) is 15.6. The lowest BCUT2D eigenvalue weighted by Gasteiger charge is -2.37. The number of amides is 1. The van der Waals surface area contributed by atoms with E-state index in [1.54, 1.807) is 6.33 Å². The molecule has 0 bridgehead atoms. The Balaban J connectivity index is 1.48. The number of carbonyl (C=O) groups excluding carboxylic acids is 1. The van der Waals surface area contributed by atoms with Gasteiger partial charge in [0.1, 0.15) is 0 Å². The second-order valence-electron chi connectivity index (χ2n) is 7.13. The maximum absolute atomic E-state index is 12.9. The lowest BCUT2D eigenvalue weighted by molar-refractivity contribution is 0.0747. The van der Waals surface area contributed by atoms with Gasteiger partial charge in [0.2, 0.25) is 0 Å². The van der Waals surface area contributed by atoms with Gasteiger partial charge in [0.05, 0.1) is 17.4 Å². The largest absolute Gasteiger partial charge is 0.368 e. The predicted octanol–water partition coefficient (Wildman–Crippen LogP) is 3.15. The average Bonchev–Trinajstić information content (AvgIpc) is 3.04. The van der Waals surface area contributed by atoms with Gasteiger partial charge < -0.3 is 14.4 Å². The third kappa shape index (κ3) is 2.94. The number of aromatic nitrogens is 2. The Morgan fingerprint density at radius 1 is 1.00 bits per heavy atom. The summed E-state index contributed by atoms with van der Waals surface area (Å²) in [5.41, 5.74) is 6.47. The minimum atomic E-state index is 0.0955. The number of nitrogens with zero attached hydrogens (tertiary/aromatic N) is 4. The zero-order chi connectivity index (χ0) is 18.3. The van der Waals surface area contributed by atoms with Crippen LogP contribution in [-0.2, 0) is 7.05 Å². The molecule has 1 aliphatic heterocycles. The molecule has 3 aromatic rings. The molecule has 1 fully saturated rings. The Bertz CT molecular complexity index is 967. The number of anilines is 1. The molecule has 26 heavy (non-hydrogen) atoms. The van der Waals surface area contributed by atoms with E-state index in [0.717, 1.165) is 42.8 Å². The van der Waals surface area contributed by atoms with Gasteiger partial charge in [-0.15, -0.1) is 0 Å². The molecule has 5 heteroatoms. The van der Waals surface area contributed by atoms with Crippen LogP contribution in [0, 0.1) is 13.8 Å². The molecule has 0 spiro atoms. The van der Waals surface area contributed by atoms with Gasteiger partial charge in [-0.2, -0.15) is 0 Å². The highest BCUT2D eigenvalue weighted by Crippen LogP contribution is 2.23. The quantitative estimate of drug-likeness (QED) is 0.714. The normalized spacial score (nSPS) is 14.9. The zero-order valence-corrected chi connectivity index (χ0v) is 15.6. The fraction of sp³-hybridized carbons (Fsp3) is 0.333. The van der Waals surface area contributed by atoms with Crippen molar-refractivity contribution in [1.29, 1.82) is 0 Å². The first-order chi connectivity index (χ1) is 12.5. The van der Waals surface area contributed by atoms with Crippen LogP contribution in [0.1, 0.15) is 21.5 Å². The Labute approximate surface area is 153 Å². The van der Waals surface area contributed by atoms with Gasteiger partial charge >= 0.3 is 0 Å². The summed E-state index contributed by atoms with van der Waals surface area (Å²) in [6, 6.07) is 12.3. The van der Waals surface area contributed by atoms with Crippen LogP contribution in [0.25, 0.3) is 11.0 Å². The van der Waals surface area contributed by atoms with E-state index in [0.29, 0.717) is 0 Å². The van der Waals surface area contributed by atoms with Gasteiger partial charge in [-0.3, -0.25) is 4.79 Å². The highest BCUT2D eigenvalue weighted by atomic mass is 16.2. The number of rotatable bonds is 2. The summed E-state index contributed by atoms with van der Waals surface area (Å²) in [4.78, 5) is 21.6. The molecule has 5 nitrogen and oxygen atoms in total. The Morgan fingerprint density at radius 2 is 1.77 bits per heavy atom. The second-order valence-corrected chi connectivity index (χ2v) is 7.13. The van der Waals surface area contributed by atoms with E-state index in [-0.39, 0.29) is 5.91 Å². The van der Waals surface area contributed by atoms with Crippen molar-refractivity contribution in [1.82, 2.24) is 14.5 Å². The summed E-state index contributed by atoms with van der Waals surface area (Å²) in [6.07, 6.45) is 1.78. The van der Waals surface area contributed by atoms with Crippen LogP contribution >= 0.6 is 0 Å². The summed E-state index contributed by atoms with van der Waals surface area (Å²) in [5.74, 6) is 0.0955. The van der Waals surface area contributed by atoms with Gasteiger partial charge in [-0.1, -0.05) is 12.1 Å².